The van der Waals surface area contributed by atoms with E-state index in [1.54, 1.807) is 25.1 Å². The highest BCUT2D eigenvalue weighted by Crippen LogP contribution is 2.39. The van der Waals surface area contributed by atoms with Crippen LogP contribution >= 0.6 is 0 Å². The molecule has 3 aromatic rings. The number of fused-ring (bicyclic) bond motifs is 3. The Morgan fingerprint density at radius 3 is 2.77 bits per heavy atom. The summed E-state index contributed by atoms with van der Waals surface area (Å²) in [5.74, 6) is 1.01. The van der Waals surface area contributed by atoms with E-state index >= 15 is 4.39 Å². The molecule has 162 valence electrons. The number of aromatic hydroxyl groups is 1. The molecule has 8 heteroatoms. The third-order valence-corrected chi connectivity index (χ3v) is 6.90. The summed E-state index contributed by atoms with van der Waals surface area (Å²) in [7, 11) is 3.87. The molecule has 0 amide bonds. The molecule has 2 fully saturated rings. The number of aromatic nitrogens is 2. The molecule has 1 N–H and O–H groups in total. The van der Waals surface area contributed by atoms with E-state index < -0.39 is 6.17 Å². The monoisotopic (exact) mass is 424 g/mol. The van der Waals surface area contributed by atoms with Crippen molar-refractivity contribution in [2.45, 2.75) is 50.5 Å². The lowest BCUT2D eigenvalue weighted by Crippen LogP contribution is -2.56. The number of benzene rings is 1. The van der Waals surface area contributed by atoms with E-state index in [1.807, 2.05) is 19.0 Å². The van der Waals surface area contributed by atoms with Crippen LogP contribution in [0.4, 0.5) is 10.2 Å². The third kappa shape index (κ3) is 3.26. The van der Waals surface area contributed by atoms with E-state index in [-0.39, 0.29) is 23.3 Å². The molecule has 0 saturated carbocycles. The minimum atomic E-state index is -0.942. The number of rotatable bonds is 3. The fourth-order valence-electron chi connectivity index (χ4n) is 5.09. The van der Waals surface area contributed by atoms with Crippen LogP contribution in [0.25, 0.3) is 22.2 Å². The van der Waals surface area contributed by atoms with Crippen molar-refractivity contribution >= 4 is 16.8 Å². The van der Waals surface area contributed by atoms with Crippen LogP contribution in [0.2, 0.25) is 0 Å². The van der Waals surface area contributed by atoms with Crippen molar-refractivity contribution in [2.75, 3.05) is 19.0 Å². The number of hydrogen-bond donors (Lipinski definition) is 1. The van der Waals surface area contributed by atoms with Crippen LogP contribution in [0.15, 0.2) is 39.5 Å². The van der Waals surface area contributed by atoms with Crippen LogP contribution in [0, 0.1) is 6.92 Å². The van der Waals surface area contributed by atoms with Gasteiger partial charge in [0.05, 0.1) is 17.1 Å². The molecular formula is C23H25FN4O3. The second-order valence-corrected chi connectivity index (χ2v) is 8.69. The second-order valence-electron chi connectivity index (χ2n) is 8.69. The van der Waals surface area contributed by atoms with Gasteiger partial charge >= 0.3 is 0 Å². The van der Waals surface area contributed by atoms with Crippen LogP contribution in [0.5, 0.6) is 5.75 Å². The molecule has 5 rings (SSSR count). The molecule has 1 aromatic carbocycles. The molecule has 2 aliphatic rings. The van der Waals surface area contributed by atoms with Gasteiger partial charge < -0.3 is 14.4 Å². The van der Waals surface area contributed by atoms with E-state index in [1.165, 1.54) is 12.1 Å². The molecule has 4 heterocycles. The lowest BCUT2D eigenvalue weighted by Gasteiger charge is -2.43. The number of hydrogen-bond acceptors (Lipinski definition) is 7. The maximum atomic E-state index is 15.1. The molecule has 2 bridgehead atoms. The van der Waals surface area contributed by atoms with Gasteiger partial charge in [-0.2, -0.15) is 0 Å². The number of phenolic OH excluding ortho intramolecular Hbond substituents is 1. The average molecular weight is 424 g/mol. The maximum Gasteiger partial charge on any atom is 0.192 e. The molecule has 2 aromatic heterocycles. The normalized spacial score (nSPS) is 25.8. The Balaban J connectivity index is 1.44. The van der Waals surface area contributed by atoms with Gasteiger partial charge in [0.2, 0.25) is 0 Å². The lowest BCUT2D eigenvalue weighted by atomic mass is 9.95. The Bertz CT molecular complexity index is 1200. The number of aryl methyl sites for hydroxylation is 1. The van der Waals surface area contributed by atoms with Crippen molar-refractivity contribution in [1.82, 2.24) is 15.1 Å². The van der Waals surface area contributed by atoms with Crippen molar-refractivity contribution in [3.8, 4) is 17.0 Å². The smallest absolute Gasteiger partial charge is 0.192 e. The molecule has 2 saturated heterocycles. The minimum Gasteiger partial charge on any atom is -0.507 e. The summed E-state index contributed by atoms with van der Waals surface area (Å²) in [5, 5.41) is 19.4. The first-order chi connectivity index (χ1) is 14.8. The molecule has 0 spiro atoms. The maximum absolute atomic E-state index is 15.1. The number of halogens is 1. The summed E-state index contributed by atoms with van der Waals surface area (Å²) in [6.07, 6.45) is 1.74. The Kier molecular flexibility index (Phi) is 4.69. The SMILES string of the molecule is Cc1cc(=O)c2cc(-c3ccc(N(C)[C@H]4C[C@@H]5CC[C@H]([C@H]4F)N5C)nn3)c(O)cc2o1. The molecule has 2 aliphatic heterocycles. The Labute approximate surface area is 179 Å². The van der Waals surface area contributed by atoms with Gasteiger partial charge in [-0.3, -0.25) is 9.69 Å². The van der Waals surface area contributed by atoms with Crippen molar-refractivity contribution in [1.29, 1.82) is 0 Å². The highest BCUT2D eigenvalue weighted by atomic mass is 19.1. The molecule has 31 heavy (non-hydrogen) atoms. The molecule has 0 radical (unpaired) electrons. The predicted octanol–water partition coefficient (Wildman–Crippen LogP) is 3.27. The largest absolute Gasteiger partial charge is 0.507 e. The number of anilines is 1. The Morgan fingerprint density at radius 2 is 2.03 bits per heavy atom. The van der Waals surface area contributed by atoms with E-state index in [2.05, 4.69) is 15.1 Å². The summed E-state index contributed by atoms with van der Waals surface area (Å²) in [6.45, 7) is 1.68. The zero-order valence-electron chi connectivity index (χ0n) is 17.7. The fraction of sp³-hybridized carbons (Fsp3) is 0.435. The van der Waals surface area contributed by atoms with Crippen LogP contribution in [-0.2, 0) is 0 Å². The van der Waals surface area contributed by atoms with E-state index in [0.717, 1.165) is 19.3 Å². The molecule has 4 atom stereocenters. The molecule has 7 nitrogen and oxygen atoms in total. The first-order valence-corrected chi connectivity index (χ1v) is 10.5. The number of piperidine rings is 1. The topological polar surface area (TPSA) is 82.7 Å². The number of nitrogens with zero attached hydrogens (tertiary/aromatic N) is 4. The third-order valence-electron chi connectivity index (χ3n) is 6.90. The summed E-state index contributed by atoms with van der Waals surface area (Å²) >= 11 is 0. The van der Waals surface area contributed by atoms with Gasteiger partial charge in [0, 0.05) is 36.8 Å². The second kappa shape index (κ2) is 7.30. The quantitative estimate of drug-likeness (QED) is 0.691. The van der Waals surface area contributed by atoms with Gasteiger partial charge in [-0.1, -0.05) is 0 Å². The van der Waals surface area contributed by atoms with E-state index in [9.17, 15) is 9.90 Å². The Hall–Kier alpha value is -3.00. The van der Waals surface area contributed by atoms with Gasteiger partial charge in [0.1, 0.15) is 23.3 Å². The number of alkyl halides is 1. The van der Waals surface area contributed by atoms with Gasteiger partial charge in [-0.15, -0.1) is 10.2 Å². The lowest BCUT2D eigenvalue weighted by molar-refractivity contribution is 0.0701. The van der Waals surface area contributed by atoms with Gasteiger partial charge in [0.25, 0.3) is 0 Å². The summed E-state index contributed by atoms with van der Waals surface area (Å²) in [4.78, 5) is 16.3. The first-order valence-electron chi connectivity index (χ1n) is 10.5. The molecule has 0 unspecified atom stereocenters. The summed E-state index contributed by atoms with van der Waals surface area (Å²) in [6, 6.07) is 8.02. The van der Waals surface area contributed by atoms with Crippen molar-refractivity contribution in [3.05, 3.63) is 46.3 Å². The Morgan fingerprint density at radius 1 is 1.23 bits per heavy atom. The van der Waals surface area contributed by atoms with Gasteiger partial charge in [-0.05, 0) is 51.4 Å². The standard InChI is InChI=1S/C23H25FN4O3/c1-12-8-19(29)15-10-14(20(30)11-21(15)31-12)16-5-7-22(26-25-16)28(3)18-9-13-4-6-17(23(18)24)27(13)2/h5,7-8,10-11,13,17-18,23,30H,4,6,9H2,1-3H3/t13-,17+,18-,23+/m0/s1. The van der Waals surface area contributed by atoms with Crippen LogP contribution in [0.1, 0.15) is 25.0 Å². The van der Waals surface area contributed by atoms with E-state index in [0.29, 0.717) is 39.8 Å². The van der Waals surface area contributed by atoms with Crippen molar-refractivity contribution in [2.24, 2.45) is 0 Å². The molecular weight excluding hydrogens is 399 g/mol. The fourth-order valence-corrected chi connectivity index (χ4v) is 5.09. The predicted molar refractivity (Wildman–Crippen MR) is 116 cm³/mol. The summed E-state index contributed by atoms with van der Waals surface area (Å²) < 4.78 is 20.7. The van der Waals surface area contributed by atoms with Crippen molar-refractivity contribution in [3.63, 3.8) is 0 Å². The summed E-state index contributed by atoms with van der Waals surface area (Å²) in [5.41, 5.74) is 0.958. The van der Waals surface area contributed by atoms with Crippen LogP contribution in [-0.4, -0.2) is 58.6 Å². The van der Waals surface area contributed by atoms with Crippen LogP contribution < -0.4 is 10.3 Å². The minimum absolute atomic E-state index is 0.0386. The average Bonchev–Trinajstić information content (AvgIpc) is 3.00. The highest BCUT2D eigenvalue weighted by Gasteiger charge is 2.47. The van der Waals surface area contributed by atoms with Gasteiger partial charge in [-0.25, -0.2) is 4.39 Å². The first kappa shape index (κ1) is 19.9. The van der Waals surface area contributed by atoms with Crippen molar-refractivity contribution < 1.29 is 13.9 Å². The zero-order chi connectivity index (χ0) is 21.9. The zero-order valence-corrected chi connectivity index (χ0v) is 17.7. The van der Waals surface area contributed by atoms with Gasteiger partial charge in [0.15, 0.2) is 11.2 Å². The van der Waals surface area contributed by atoms with Crippen LogP contribution in [0.3, 0.4) is 0 Å². The highest BCUT2D eigenvalue weighted by molar-refractivity contribution is 5.86. The molecule has 0 aliphatic carbocycles. The number of phenols is 1. The van der Waals surface area contributed by atoms with E-state index in [4.69, 9.17) is 4.42 Å².